The Balaban J connectivity index is 0. The van der Waals surface area contributed by atoms with Gasteiger partial charge in [0.25, 0.3) is 0 Å². The molecule has 0 saturated heterocycles. The second-order valence-corrected chi connectivity index (χ2v) is 3.10. The van der Waals surface area contributed by atoms with Gasteiger partial charge in [0.15, 0.2) is 6.54 Å². The van der Waals surface area contributed by atoms with Crippen LogP contribution < -0.4 is 0 Å². The van der Waals surface area contributed by atoms with Crippen molar-refractivity contribution < 1.29 is 14.0 Å². The van der Waals surface area contributed by atoms with Crippen LogP contribution in [-0.4, -0.2) is 38.1 Å². The average Bonchev–Trinajstić information content (AvgIpc) is 1.59. The van der Waals surface area contributed by atoms with E-state index in [4.69, 9.17) is 0 Å². The number of carbonyl (C=O) groups excluding carboxylic acids is 1. The molecule has 0 amide bonds. The van der Waals surface area contributed by atoms with E-state index in [1.165, 1.54) is 0 Å². The summed E-state index contributed by atoms with van der Waals surface area (Å²) in [5, 5.41) is 0. The molecule has 0 bridgehead atoms. The van der Waals surface area contributed by atoms with Gasteiger partial charge in [0.2, 0.25) is 0 Å². The Bertz CT molecular complexity index is 140. The van der Waals surface area contributed by atoms with Crippen LogP contribution in [-0.2, 0) is 9.53 Å². The fourth-order valence-corrected chi connectivity index (χ4v) is 0.518. The van der Waals surface area contributed by atoms with Crippen molar-refractivity contribution in [3.05, 3.63) is 12.8 Å². The Labute approximate surface area is 78.0 Å². The molecule has 0 rings (SSSR count). The van der Waals surface area contributed by atoms with Crippen molar-refractivity contribution in [1.29, 1.82) is 0 Å². The molecule has 0 aromatic heterocycles. The molecule has 66 valence electrons. The molecule has 0 unspecified atom stereocenters. The summed E-state index contributed by atoms with van der Waals surface area (Å²) in [6.07, 6.45) is 1.15. The number of esters is 1. The van der Waals surface area contributed by atoms with Crippen molar-refractivity contribution in [3.63, 3.8) is 0 Å². The van der Waals surface area contributed by atoms with Gasteiger partial charge in [0.05, 0.1) is 27.4 Å². The van der Waals surface area contributed by atoms with E-state index in [1.807, 2.05) is 21.1 Å². The van der Waals surface area contributed by atoms with Crippen LogP contribution in [0.4, 0.5) is 0 Å². The highest BCUT2D eigenvalue weighted by atomic mass is 79.9. The van der Waals surface area contributed by atoms with E-state index in [1.54, 1.807) is 0 Å². The summed E-state index contributed by atoms with van der Waals surface area (Å²) in [7, 11) is 5.76. The van der Waals surface area contributed by atoms with Crippen LogP contribution in [0.5, 0.6) is 0 Å². The molecule has 0 atom stereocenters. The van der Waals surface area contributed by atoms with E-state index in [2.05, 4.69) is 11.3 Å². The second-order valence-electron chi connectivity index (χ2n) is 3.10. The van der Waals surface area contributed by atoms with Gasteiger partial charge in [-0.2, -0.15) is 0 Å². The predicted octanol–water partition coefficient (Wildman–Crippen LogP) is 0.957. The summed E-state index contributed by atoms with van der Waals surface area (Å²) < 4.78 is 5.10. The average molecular weight is 225 g/mol. The molecule has 0 aromatic carbocycles. The molecule has 0 aromatic rings. The predicted molar refractivity (Wildman–Crippen MR) is 49.5 cm³/mol. The lowest BCUT2D eigenvalue weighted by Gasteiger charge is -2.21. The normalized spacial score (nSPS) is 9.73. The van der Waals surface area contributed by atoms with E-state index < -0.39 is 0 Å². The minimum atomic E-state index is -0.248. The molecule has 0 spiro atoms. The fraction of sp³-hybridized carbons (Fsp3) is 0.571. The molecule has 4 heteroatoms. The summed E-state index contributed by atoms with van der Waals surface area (Å²) in [5.41, 5.74) is 0. The van der Waals surface area contributed by atoms with Crippen LogP contribution in [0.2, 0.25) is 0 Å². The Morgan fingerprint density at radius 2 is 2.00 bits per heavy atom. The molecule has 0 aliphatic rings. The van der Waals surface area contributed by atoms with Gasteiger partial charge in [-0.25, -0.2) is 4.79 Å². The molecule has 0 N–H and O–H groups in total. The summed E-state index contributed by atoms with van der Waals surface area (Å²) in [6, 6.07) is 0. The standard InChI is InChI=1S/C7H14NO2.BrH/c1-5-10-7(9)6-8(2,3)4;/h5H,1,6H2,2-4H3;1H/q+1;. The van der Waals surface area contributed by atoms with Gasteiger partial charge in [-0.15, -0.1) is 17.0 Å². The van der Waals surface area contributed by atoms with E-state index in [9.17, 15) is 4.79 Å². The zero-order chi connectivity index (χ0) is 8.20. The van der Waals surface area contributed by atoms with Crippen molar-refractivity contribution in [1.82, 2.24) is 0 Å². The molecular formula is C7H15BrNO2+. The number of hydrogen-bond donors (Lipinski definition) is 0. The lowest BCUT2D eigenvalue weighted by atomic mass is 10.5. The van der Waals surface area contributed by atoms with Gasteiger partial charge >= 0.3 is 5.97 Å². The molecule has 0 radical (unpaired) electrons. The molecule has 0 aliphatic heterocycles. The maximum atomic E-state index is 10.7. The smallest absolute Gasteiger partial charge is 0.366 e. The minimum Gasteiger partial charge on any atom is -0.431 e. The summed E-state index contributed by atoms with van der Waals surface area (Å²) >= 11 is 0. The highest BCUT2D eigenvalue weighted by Gasteiger charge is 2.13. The number of carbonyl (C=O) groups is 1. The maximum absolute atomic E-state index is 10.7. The third-order valence-corrected chi connectivity index (χ3v) is 0.818. The summed E-state index contributed by atoms with van der Waals surface area (Å²) in [5.74, 6) is -0.248. The van der Waals surface area contributed by atoms with E-state index in [-0.39, 0.29) is 23.0 Å². The van der Waals surface area contributed by atoms with Crippen molar-refractivity contribution in [2.45, 2.75) is 0 Å². The number of ether oxygens (including phenoxy) is 1. The number of nitrogens with zero attached hydrogens (tertiary/aromatic N) is 1. The highest BCUT2D eigenvalue weighted by molar-refractivity contribution is 8.93. The molecule has 11 heavy (non-hydrogen) atoms. The zero-order valence-corrected chi connectivity index (χ0v) is 8.88. The van der Waals surface area contributed by atoms with Crippen molar-refractivity contribution in [2.75, 3.05) is 27.7 Å². The van der Waals surface area contributed by atoms with Gasteiger partial charge in [0, 0.05) is 0 Å². The quantitative estimate of drug-likeness (QED) is 0.406. The first-order valence-corrected chi connectivity index (χ1v) is 3.06. The lowest BCUT2D eigenvalue weighted by Crippen LogP contribution is -2.39. The van der Waals surface area contributed by atoms with Crippen LogP contribution in [0.3, 0.4) is 0 Å². The maximum Gasteiger partial charge on any atom is 0.366 e. The number of likely N-dealkylation sites (N-methyl/N-ethyl adjacent to an activating group) is 1. The van der Waals surface area contributed by atoms with Crippen LogP contribution in [0.1, 0.15) is 0 Å². The molecule has 0 heterocycles. The van der Waals surface area contributed by atoms with Crippen LogP contribution in [0.15, 0.2) is 12.8 Å². The van der Waals surface area contributed by atoms with Crippen molar-refractivity contribution in [3.8, 4) is 0 Å². The minimum absolute atomic E-state index is 0. The SMILES string of the molecule is Br.C=COC(=O)C[N+](C)(C)C. The number of quaternary nitrogens is 1. The first-order valence-electron chi connectivity index (χ1n) is 3.06. The van der Waals surface area contributed by atoms with Crippen molar-refractivity contribution in [2.24, 2.45) is 0 Å². The van der Waals surface area contributed by atoms with Crippen LogP contribution in [0.25, 0.3) is 0 Å². The van der Waals surface area contributed by atoms with Gasteiger partial charge < -0.3 is 9.22 Å². The van der Waals surface area contributed by atoms with Crippen molar-refractivity contribution >= 4 is 23.0 Å². The van der Waals surface area contributed by atoms with Gasteiger partial charge in [-0.3, -0.25) is 0 Å². The first kappa shape index (κ1) is 13.3. The highest BCUT2D eigenvalue weighted by Crippen LogP contribution is 1.90. The third kappa shape index (κ3) is 9.65. The number of rotatable bonds is 3. The third-order valence-electron chi connectivity index (χ3n) is 0.818. The Morgan fingerprint density at radius 3 is 2.27 bits per heavy atom. The van der Waals surface area contributed by atoms with Crippen LogP contribution >= 0.6 is 17.0 Å². The monoisotopic (exact) mass is 224 g/mol. The molecule has 3 nitrogen and oxygen atoms in total. The number of halogens is 1. The summed E-state index contributed by atoms with van der Waals surface area (Å²) in [6.45, 7) is 3.65. The fourth-order valence-electron chi connectivity index (χ4n) is 0.518. The second kappa shape index (κ2) is 5.32. The van der Waals surface area contributed by atoms with E-state index in [0.717, 1.165) is 6.26 Å². The largest absolute Gasteiger partial charge is 0.431 e. The topological polar surface area (TPSA) is 26.3 Å². The lowest BCUT2D eigenvalue weighted by molar-refractivity contribution is -0.862. The van der Waals surface area contributed by atoms with Gasteiger partial charge in [-0.05, 0) is 0 Å². The molecule has 0 fully saturated rings. The molecule has 0 aliphatic carbocycles. The Morgan fingerprint density at radius 1 is 1.55 bits per heavy atom. The van der Waals surface area contributed by atoms with E-state index >= 15 is 0 Å². The van der Waals surface area contributed by atoms with Gasteiger partial charge in [-0.1, -0.05) is 6.58 Å². The van der Waals surface area contributed by atoms with E-state index in [0.29, 0.717) is 11.0 Å². The Kier molecular flexibility index (Phi) is 6.41. The summed E-state index contributed by atoms with van der Waals surface area (Å²) in [4.78, 5) is 10.7. The van der Waals surface area contributed by atoms with Gasteiger partial charge in [0.1, 0.15) is 0 Å². The number of hydrogen-bond acceptors (Lipinski definition) is 2. The Hall–Kier alpha value is -0.350. The van der Waals surface area contributed by atoms with Crippen LogP contribution in [0, 0.1) is 0 Å². The molecular weight excluding hydrogens is 210 g/mol. The zero-order valence-electron chi connectivity index (χ0n) is 7.16. The first-order chi connectivity index (χ1) is 4.45. The molecule has 0 saturated carbocycles.